The summed E-state index contributed by atoms with van der Waals surface area (Å²) in [5, 5.41) is 10.2. The SMILES string of the molecule is CN(C(=O)c1ccc(Cl)cc1O)C1CCCC1CN. The average Bonchev–Trinajstić information content (AvgIpc) is 2.85. The van der Waals surface area contributed by atoms with Crippen molar-refractivity contribution in [2.24, 2.45) is 11.7 Å². The summed E-state index contributed by atoms with van der Waals surface area (Å²) >= 11 is 5.77. The molecule has 19 heavy (non-hydrogen) atoms. The highest BCUT2D eigenvalue weighted by Gasteiger charge is 2.32. The van der Waals surface area contributed by atoms with Gasteiger partial charge in [0.15, 0.2) is 0 Å². The zero-order valence-corrected chi connectivity index (χ0v) is 11.7. The summed E-state index contributed by atoms with van der Waals surface area (Å²) in [4.78, 5) is 14.1. The van der Waals surface area contributed by atoms with Gasteiger partial charge in [0.25, 0.3) is 5.91 Å². The number of hydrogen-bond acceptors (Lipinski definition) is 3. The summed E-state index contributed by atoms with van der Waals surface area (Å²) in [7, 11) is 1.77. The smallest absolute Gasteiger partial charge is 0.257 e. The summed E-state index contributed by atoms with van der Waals surface area (Å²) in [6, 6.07) is 4.71. The first-order valence-electron chi connectivity index (χ1n) is 6.50. The molecule has 2 atom stereocenters. The van der Waals surface area contributed by atoms with E-state index >= 15 is 0 Å². The second-order valence-electron chi connectivity index (χ2n) is 5.07. The molecular weight excluding hydrogens is 264 g/mol. The van der Waals surface area contributed by atoms with Crippen molar-refractivity contribution in [2.45, 2.75) is 25.3 Å². The minimum atomic E-state index is -0.181. The summed E-state index contributed by atoms with van der Waals surface area (Å²) < 4.78 is 0. The predicted molar refractivity (Wildman–Crippen MR) is 75.4 cm³/mol. The van der Waals surface area contributed by atoms with Gasteiger partial charge in [-0.2, -0.15) is 0 Å². The Hall–Kier alpha value is -1.26. The zero-order chi connectivity index (χ0) is 14.0. The molecule has 1 aliphatic rings. The fourth-order valence-electron chi connectivity index (χ4n) is 2.83. The van der Waals surface area contributed by atoms with Crippen LogP contribution in [0.3, 0.4) is 0 Å². The Bertz CT molecular complexity index is 479. The number of carbonyl (C=O) groups is 1. The third-order valence-corrected chi connectivity index (χ3v) is 4.16. The van der Waals surface area contributed by atoms with E-state index in [-0.39, 0.29) is 23.3 Å². The molecule has 0 saturated heterocycles. The number of aromatic hydroxyl groups is 1. The Morgan fingerprint density at radius 2 is 2.26 bits per heavy atom. The van der Waals surface area contributed by atoms with E-state index in [1.165, 1.54) is 6.07 Å². The number of nitrogens with zero attached hydrogens (tertiary/aromatic N) is 1. The zero-order valence-electron chi connectivity index (χ0n) is 11.0. The van der Waals surface area contributed by atoms with Crippen LogP contribution in [0.5, 0.6) is 5.75 Å². The van der Waals surface area contributed by atoms with E-state index in [0.717, 1.165) is 19.3 Å². The second kappa shape index (κ2) is 5.80. The Morgan fingerprint density at radius 3 is 2.89 bits per heavy atom. The maximum absolute atomic E-state index is 12.4. The largest absolute Gasteiger partial charge is 0.507 e. The van der Waals surface area contributed by atoms with Crippen LogP contribution < -0.4 is 5.73 Å². The molecule has 1 fully saturated rings. The first-order valence-corrected chi connectivity index (χ1v) is 6.88. The van der Waals surface area contributed by atoms with Gasteiger partial charge in [-0.15, -0.1) is 0 Å². The highest BCUT2D eigenvalue weighted by Crippen LogP contribution is 2.31. The molecule has 5 heteroatoms. The normalized spacial score (nSPS) is 22.5. The number of phenols is 1. The molecule has 2 unspecified atom stereocenters. The molecule has 0 bridgehead atoms. The Morgan fingerprint density at radius 1 is 1.53 bits per heavy atom. The van der Waals surface area contributed by atoms with E-state index in [4.69, 9.17) is 17.3 Å². The molecular formula is C14H19ClN2O2. The van der Waals surface area contributed by atoms with Gasteiger partial charge >= 0.3 is 0 Å². The first kappa shape index (κ1) is 14.2. The summed E-state index contributed by atoms with van der Waals surface area (Å²) in [6.45, 7) is 0.592. The average molecular weight is 283 g/mol. The lowest BCUT2D eigenvalue weighted by Crippen LogP contribution is -2.41. The minimum absolute atomic E-state index is 0.0772. The Kier molecular flexibility index (Phi) is 4.32. The molecule has 0 radical (unpaired) electrons. The number of nitrogens with two attached hydrogens (primary N) is 1. The maximum atomic E-state index is 12.4. The Labute approximate surface area is 118 Å². The number of benzene rings is 1. The summed E-state index contributed by atoms with van der Waals surface area (Å²) in [5.41, 5.74) is 6.03. The van der Waals surface area contributed by atoms with Crippen molar-refractivity contribution >= 4 is 17.5 Å². The number of carbonyl (C=O) groups excluding carboxylic acids is 1. The van der Waals surface area contributed by atoms with Gasteiger partial charge in [-0.05, 0) is 43.5 Å². The van der Waals surface area contributed by atoms with Gasteiger partial charge < -0.3 is 15.7 Å². The third-order valence-electron chi connectivity index (χ3n) is 3.93. The first-order chi connectivity index (χ1) is 9.04. The lowest BCUT2D eigenvalue weighted by molar-refractivity contribution is 0.0697. The lowest BCUT2D eigenvalue weighted by atomic mass is 10.0. The van der Waals surface area contributed by atoms with Crippen LogP contribution in [0.25, 0.3) is 0 Å². The monoisotopic (exact) mass is 282 g/mol. The third kappa shape index (κ3) is 2.85. The van der Waals surface area contributed by atoms with Crippen LogP contribution in [-0.4, -0.2) is 35.5 Å². The van der Waals surface area contributed by atoms with Gasteiger partial charge in [0.1, 0.15) is 5.75 Å². The van der Waals surface area contributed by atoms with Crippen molar-refractivity contribution < 1.29 is 9.90 Å². The van der Waals surface area contributed by atoms with Gasteiger partial charge in [0.05, 0.1) is 5.56 Å². The summed E-state index contributed by atoms with van der Waals surface area (Å²) in [5.74, 6) is 0.0922. The number of hydrogen-bond donors (Lipinski definition) is 2. The molecule has 1 saturated carbocycles. The number of rotatable bonds is 3. The summed E-state index contributed by atoms with van der Waals surface area (Å²) in [6.07, 6.45) is 3.13. The minimum Gasteiger partial charge on any atom is -0.507 e. The van der Waals surface area contributed by atoms with Gasteiger partial charge in [-0.25, -0.2) is 0 Å². The highest BCUT2D eigenvalue weighted by atomic mass is 35.5. The van der Waals surface area contributed by atoms with E-state index in [9.17, 15) is 9.90 Å². The molecule has 1 aliphatic carbocycles. The van der Waals surface area contributed by atoms with Gasteiger partial charge in [0, 0.05) is 18.1 Å². The van der Waals surface area contributed by atoms with Crippen molar-refractivity contribution in [3.05, 3.63) is 28.8 Å². The van der Waals surface area contributed by atoms with E-state index in [2.05, 4.69) is 0 Å². The maximum Gasteiger partial charge on any atom is 0.257 e. The quantitative estimate of drug-likeness (QED) is 0.893. The molecule has 2 rings (SSSR count). The standard InChI is InChI=1S/C14H19ClN2O2/c1-17(12-4-2-3-9(12)8-16)14(19)11-6-5-10(15)7-13(11)18/h5-7,9,12,18H,2-4,8,16H2,1H3. The molecule has 1 aromatic rings. The highest BCUT2D eigenvalue weighted by molar-refractivity contribution is 6.30. The molecule has 0 spiro atoms. The van der Waals surface area contributed by atoms with Crippen molar-refractivity contribution in [3.8, 4) is 5.75 Å². The van der Waals surface area contributed by atoms with Crippen LogP contribution in [0.4, 0.5) is 0 Å². The Balaban J connectivity index is 2.19. The molecule has 3 N–H and O–H groups in total. The fraction of sp³-hybridized carbons (Fsp3) is 0.500. The van der Waals surface area contributed by atoms with Crippen LogP contribution in [0.15, 0.2) is 18.2 Å². The molecule has 4 nitrogen and oxygen atoms in total. The van der Waals surface area contributed by atoms with E-state index in [1.807, 2.05) is 0 Å². The van der Waals surface area contributed by atoms with Gasteiger partial charge in [-0.1, -0.05) is 18.0 Å². The molecule has 0 aromatic heterocycles. The molecule has 104 valence electrons. The van der Waals surface area contributed by atoms with E-state index in [1.54, 1.807) is 24.1 Å². The number of phenolic OH excluding ortho intramolecular Hbond substituents is 1. The van der Waals surface area contributed by atoms with Crippen LogP contribution in [0.1, 0.15) is 29.6 Å². The van der Waals surface area contributed by atoms with E-state index < -0.39 is 0 Å². The second-order valence-corrected chi connectivity index (χ2v) is 5.51. The van der Waals surface area contributed by atoms with Crippen molar-refractivity contribution in [1.82, 2.24) is 4.90 Å². The molecule has 0 heterocycles. The molecule has 1 aromatic carbocycles. The molecule has 0 aliphatic heterocycles. The number of halogens is 1. The van der Waals surface area contributed by atoms with Gasteiger partial charge in [0.2, 0.25) is 0 Å². The van der Waals surface area contributed by atoms with Gasteiger partial charge in [-0.3, -0.25) is 4.79 Å². The molecule has 1 amide bonds. The fourth-order valence-corrected chi connectivity index (χ4v) is 2.99. The van der Waals surface area contributed by atoms with Crippen LogP contribution in [0.2, 0.25) is 5.02 Å². The number of amides is 1. The van der Waals surface area contributed by atoms with Crippen molar-refractivity contribution in [3.63, 3.8) is 0 Å². The van der Waals surface area contributed by atoms with Crippen molar-refractivity contribution in [1.29, 1.82) is 0 Å². The van der Waals surface area contributed by atoms with Crippen LogP contribution in [-0.2, 0) is 0 Å². The predicted octanol–water partition coefficient (Wildman–Crippen LogP) is 2.25. The van der Waals surface area contributed by atoms with Crippen molar-refractivity contribution in [2.75, 3.05) is 13.6 Å². The van der Waals surface area contributed by atoms with Crippen LogP contribution >= 0.6 is 11.6 Å². The lowest BCUT2D eigenvalue weighted by Gasteiger charge is -2.29. The topological polar surface area (TPSA) is 66.6 Å². The van der Waals surface area contributed by atoms with E-state index in [0.29, 0.717) is 17.5 Å². The van der Waals surface area contributed by atoms with Crippen LogP contribution in [0, 0.1) is 5.92 Å².